The van der Waals surface area contributed by atoms with Crippen molar-refractivity contribution in [2.24, 2.45) is 10.9 Å². The van der Waals surface area contributed by atoms with Crippen LogP contribution in [0.1, 0.15) is 13.3 Å². The van der Waals surface area contributed by atoms with E-state index in [0.717, 1.165) is 13.0 Å². The maximum Gasteiger partial charge on any atom is 0.316 e. The lowest BCUT2D eigenvalue weighted by atomic mass is 10.0. The zero-order valence-corrected chi connectivity index (χ0v) is 8.45. The van der Waals surface area contributed by atoms with Crippen molar-refractivity contribution in [3.05, 3.63) is 0 Å². The van der Waals surface area contributed by atoms with E-state index in [0.29, 0.717) is 12.5 Å². The predicted octanol–water partition coefficient (Wildman–Crippen LogP) is -0.987. The van der Waals surface area contributed by atoms with Gasteiger partial charge in [-0.25, -0.2) is 0 Å². The molecule has 2 atom stereocenters. The van der Waals surface area contributed by atoms with Crippen LogP contribution in [0.15, 0.2) is 4.99 Å². The number of amides is 2. The molecule has 0 aromatic rings. The fourth-order valence-corrected chi connectivity index (χ4v) is 1.66. The van der Waals surface area contributed by atoms with Crippen molar-refractivity contribution < 1.29 is 14.3 Å². The SMILES string of the molecule is CC1OCCC1CN=C1NC(=O)C(=O)N1. The second-order valence-corrected chi connectivity index (χ2v) is 3.72. The van der Waals surface area contributed by atoms with Crippen LogP contribution in [0, 0.1) is 5.92 Å². The van der Waals surface area contributed by atoms with Crippen molar-refractivity contribution in [3.63, 3.8) is 0 Å². The molecule has 0 aromatic carbocycles. The van der Waals surface area contributed by atoms with Gasteiger partial charge in [-0.1, -0.05) is 0 Å². The fraction of sp³-hybridized carbons (Fsp3) is 0.667. The minimum atomic E-state index is -0.649. The first-order chi connectivity index (χ1) is 7.16. The molecule has 0 saturated carbocycles. The van der Waals surface area contributed by atoms with Crippen molar-refractivity contribution in [2.75, 3.05) is 13.2 Å². The molecule has 2 aliphatic rings. The quantitative estimate of drug-likeness (QED) is 0.576. The van der Waals surface area contributed by atoms with Crippen LogP contribution in [0.4, 0.5) is 0 Å². The van der Waals surface area contributed by atoms with Crippen LogP contribution in [0.2, 0.25) is 0 Å². The first-order valence-electron chi connectivity index (χ1n) is 4.95. The summed E-state index contributed by atoms with van der Waals surface area (Å²) in [5, 5.41) is 4.70. The molecule has 0 bridgehead atoms. The number of guanidine groups is 1. The molecule has 82 valence electrons. The average Bonchev–Trinajstić information content (AvgIpc) is 2.72. The van der Waals surface area contributed by atoms with E-state index < -0.39 is 11.8 Å². The molecular weight excluding hydrogens is 198 g/mol. The molecule has 2 saturated heterocycles. The predicted molar refractivity (Wildman–Crippen MR) is 52.1 cm³/mol. The molecule has 2 amide bonds. The molecular formula is C9H13N3O3. The number of rotatable bonds is 2. The summed E-state index contributed by atoms with van der Waals surface area (Å²) in [6.07, 6.45) is 1.17. The van der Waals surface area contributed by atoms with E-state index in [9.17, 15) is 9.59 Å². The normalized spacial score (nSPS) is 30.3. The number of hydrogen-bond acceptors (Lipinski definition) is 4. The maximum absolute atomic E-state index is 10.8. The highest BCUT2D eigenvalue weighted by atomic mass is 16.5. The Balaban J connectivity index is 1.89. The highest BCUT2D eigenvalue weighted by Crippen LogP contribution is 2.20. The van der Waals surface area contributed by atoms with E-state index in [4.69, 9.17) is 4.74 Å². The highest BCUT2D eigenvalue weighted by Gasteiger charge is 2.27. The van der Waals surface area contributed by atoms with Gasteiger partial charge in [0.05, 0.1) is 6.10 Å². The average molecular weight is 211 g/mol. The molecule has 2 heterocycles. The Bertz CT molecular complexity index is 309. The Morgan fingerprint density at radius 1 is 1.40 bits per heavy atom. The number of aliphatic imine (C=N–C) groups is 1. The van der Waals surface area contributed by atoms with Gasteiger partial charge in [0, 0.05) is 19.1 Å². The molecule has 0 radical (unpaired) electrons. The summed E-state index contributed by atoms with van der Waals surface area (Å²) >= 11 is 0. The Morgan fingerprint density at radius 2 is 2.07 bits per heavy atom. The highest BCUT2D eigenvalue weighted by molar-refractivity contribution is 6.45. The lowest BCUT2D eigenvalue weighted by Crippen LogP contribution is -2.27. The van der Waals surface area contributed by atoms with E-state index in [2.05, 4.69) is 15.6 Å². The Labute approximate surface area is 87.1 Å². The number of nitrogens with zero attached hydrogens (tertiary/aromatic N) is 1. The molecule has 0 aromatic heterocycles. The topological polar surface area (TPSA) is 79.8 Å². The summed E-state index contributed by atoms with van der Waals surface area (Å²) < 4.78 is 5.38. The summed E-state index contributed by atoms with van der Waals surface area (Å²) in [6, 6.07) is 0. The Morgan fingerprint density at radius 3 is 2.60 bits per heavy atom. The van der Waals surface area contributed by atoms with Gasteiger partial charge in [0.1, 0.15) is 0 Å². The van der Waals surface area contributed by atoms with Gasteiger partial charge < -0.3 is 4.74 Å². The minimum Gasteiger partial charge on any atom is -0.378 e. The van der Waals surface area contributed by atoms with E-state index in [1.54, 1.807) is 0 Å². The summed E-state index contributed by atoms with van der Waals surface area (Å²) in [7, 11) is 0. The van der Waals surface area contributed by atoms with Crippen LogP contribution in [-0.2, 0) is 14.3 Å². The van der Waals surface area contributed by atoms with E-state index in [-0.39, 0.29) is 12.1 Å². The second kappa shape index (κ2) is 3.98. The summed E-state index contributed by atoms with van der Waals surface area (Å²) in [4.78, 5) is 25.8. The third-order valence-electron chi connectivity index (χ3n) is 2.69. The van der Waals surface area contributed by atoms with E-state index in [1.807, 2.05) is 6.92 Å². The van der Waals surface area contributed by atoms with Crippen molar-refractivity contribution in [1.29, 1.82) is 0 Å². The largest absolute Gasteiger partial charge is 0.378 e. The Hall–Kier alpha value is -1.43. The molecule has 6 nitrogen and oxygen atoms in total. The van der Waals surface area contributed by atoms with Crippen molar-refractivity contribution >= 4 is 17.8 Å². The molecule has 2 aliphatic heterocycles. The third kappa shape index (κ3) is 2.15. The van der Waals surface area contributed by atoms with Crippen molar-refractivity contribution in [3.8, 4) is 0 Å². The number of hydrogen-bond donors (Lipinski definition) is 2. The Kier molecular flexibility index (Phi) is 2.68. The van der Waals surface area contributed by atoms with Gasteiger partial charge in [0.25, 0.3) is 0 Å². The van der Waals surface area contributed by atoms with Gasteiger partial charge >= 0.3 is 11.8 Å². The lowest BCUT2D eigenvalue weighted by molar-refractivity contribution is -0.135. The molecule has 2 rings (SSSR count). The third-order valence-corrected chi connectivity index (χ3v) is 2.69. The smallest absolute Gasteiger partial charge is 0.316 e. The summed E-state index contributed by atoms with van der Waals surface area (Å²) in [6.45, 7) is 3.33. The molecule has 15 heavy (non-hydrogen) atoms. The fourth-order valence-electron chi connectivity index (χ4n) is 1.66. The van der Waals surface area contributed by atoms with Crippen LogP contribution in [0.25, 0.3) is 0 Å². The monoisotopic (exact) mass is 211 g/mol. The summed E-state index contributed by atoms with van der Waals surface area (Å²) in [5.74, 6) is -0.676. The summed E-state index contributed by atoms with van der Waals surface area (Å²) in [5.41, 5.74) is 0. The molecule has 2 unspecified atom stereocenters. The zero-order chi connectivity index (χ0) is 10.8. The first kappa shape index (κ1) is 10.1. The maximum atomic E-state index is 10.8. The van der Waals surface area contributed by atoms with Crippen LogP contribution in [-0.4, -0.2) is 37.0 Å². The molecule has 2 N–H and O–H groups in total. The molecule has 0 spiro atoms. The van der Waals surface area contributed by atoms with Gasteiger partial charge in [-0.3, -0.25) is 25.2 Å². The standard InChI is InChI=1S/C9H13N3O3/c1-5-6(2-3-15-5)4-10-9-11-7(13)8(14)12-9/h5-6H,2-4H2,1H3,(H2,10,11,12,13,14). The van der Waals surface area contributed by atoms with Crippen LogP contribution >= 0.6 is 0 Å². The minimum absolute atomic E-state index is 0.196. The first-order valence-corrected chi connectivity index (χ1v) is 4.95. The van der Waals surface area contributed by atoms with E-state index in [1.165, 1.54) is 0 Å². The number of carbonyl (C=O) groups is 2. The van der Waals surface area contributed by atoms with Crippen LogP contribution < -0.4 is 10.6 Å². The number of ether oxygens (including phenoxy) is 1. The number of nitrogens with one attached hydrogen (secondary N) is 2. The van der Waals surface area contributed by atoms with Crippen molar-refractivity contribution in [1.82, 2.24) is 10.6 Å². The van der Waals surface area contributed by atoms with E-state index >= 15 is 0 Å². The lowest BCUT2D eigenvalue weighted by Gasteiger charge is -2.10. The second-order valence-electron chi connectivity index (χ2n) is 3.72. The molecule has 6 heteroatoms. The zero-order valence-electron chi connectivity index (χ0n) is 8.45. The van der Waals surface area contributed by atoms with Gasteiger partial charge in [0.2, 0.25) is 5.96 Å². The van der Waals surface area contributed by atoms with Gasteiger partial charge in [-0.15, -0.1) is 0 Å². The van der Waals surface area contributed by atoms with Gasteiger partial charge in [-0.2, -0.15) is 0 Å². The van der Waals surface area contributed by atoms with Crippen LogP contribution in [0.5, 0.6) is 0 Å². The number of carbonyl (C=O) groups excluding carboxylic acids is 2. The van der Waals surface area contributed by atoms with Crippen molar-refractivity contribution in [2.45, 2.75) is 19.4 Å². The molecule has 0 aliphatic carbocycles. The van der Waals surface area contributed by atoms with Gasteiger partial charge in [0.15, 0.2) is 0 Å². The van der Waals surface area contributed by atoms with Gasteiger partial charge in [-0.05, 0) is 13.3 Å². The molecule has 2 fully saturated rings. The van der Waals surface area contributed by atoms with Crippen LogP contribution in [0.3, 0.4) is 0 Å².